The van der Waals surface area contributed by atoms with E-state index < -0.39 is 0 Å². The lowest BCUT2D eigenvalue weighted by Crippen LogP contribution is -3.28. The molecule has 2 aromatic rings. The second kappa shape index (κ2) is 9.82. The van der Waals surface area contributed by atoms with Gasteiger partial charge in [-0.15, -0.1) is 11.3 Å². The van der Waals surface area contributed by atoms with Crippen LogP contribution < -0.4 is 20.4 Å². The number of hydrogen-bond donors (Lipinski definition) is 4. The Morgan fingerprint density at radius 3 is 2.29 bits per heavy atom. The fraction of sp³-hybridized carbons (Fsp3) is 0.429. The average molecular weight is 403 g/mol. The van der Waals surface area contributed by atoms with Crippen LogP contribution in [0.2, 0.25) is 0 Å². The molecule has 0 atom stereocenters. The summed E-state index contributed by atoms with van der Waals surface area (Å²) in [6.07, 6.45) is 0. The van der Waals surface area contributed by atoms with Crippen LogP contribution in [0, 0.1) is 13.8 Å². The minimum Gasteiger partial charge on any atom is -0.342 e. The molecule has 0 spiro atoms. The number of nitrogens with one attached hydrogen (secondary N) is 4. The van der Waals surface area contributed by atoms with Gasteiger partial charge in [0.15, 0.2) is 6.54 Å². The molecule has 0 unspecified atom stereocenters. The van der Waals surface area contributed by atoms with Crippen molar-refractivity contribution < 1.29 is 19.4 Å². The minimum atomic E-state index is -0.189. The van der Waals surface area contributed by atoms with Crippen molar-refractivity contribution in [3.8, 4) is 0 Å². The molecule has 2 heterocycles. The summed E-state index contributed by atoms with van der Waals surface area (Å²) in [4.78, 5) is 28.7. The first kappa shape index (κ1) is 20.5. The molecular weight excluding hydrogens is 372 g/mol. The van der Waals surface area contributed by atoms with Gasteiger partial charge in [-0.1, -0.05) is 24.3 Å². The SMILES string of the molecule is Cc1cccc(C)c1NC(=O)CNC(=O)C[NH+]1CC[NH+](Cc2cccs2)CC1. The Morgan fingerprint density at radius 1 is 0.964 bits per heavy atom. The highest BCUT2D eigenvalue weighted by molar-refractivity contribution is 7.09. The monoisotopic (exact) mass is 402 g/mol. The molecule has 7 heteroatoms. The summed E-state index contributed by atoms with van der Waals surface area (Å²) >= 11 is 1.81. The van der Waals surface area contributed by atoms with Crippen LogP contribution in [0.4, 0.5) is 5.69 Å². The van der Waals surface area contributed by atoms with Gasteiger partial charge in [0.05, 0.1) is 11.4 Å². The summed E-state index contributed by atoms with van der Waals surface area (Å²) in [5.74, 6) is -0.251. The van der Waals surface area contributed by atoms with Crippen LogP contribution in [0.25, 0.3) is 0 Å². The van der Waals surface area contributed by atoms with E-state index in [4.69, 9.17) is 0 Å². The molecule has 0 aliphatic carbocycles. The van der Waals surface area contributed by atoms with E-state index in [9.17, 15) is 9.59 Å². The molecular formula is C21H30N4O2S+2. The summed E-state index contributed by atoms with van der Waals surface area (Å²) in [6, 6.07) is 10.2. The zero-order valence-electron chi connectivity index (χ0n) is 16.6. The number of hydrogen-bond acceptors (Lipinski definition) is 3. The fourth-order valence-corrected chi connectivity index (χ4v) is 4.41. The van der Waals surface area contributed by atoms with E-state index in [1.807, 2.05) is 43.4 Å². The van der Waals surface area contributed by atoms with Crippen molar-refractivity contribution in [3.63, 3.8) is 0 Å². The van der Waals surface area contributed by atoms with Crippen molar-refractivity contribution in [3.05, 3.63) is 51.7 Å². The smallest absolute Gasteiger partial charge is 0.275 e. The van der Waals surface area contributed by atoms with E-state index in [0.717, 1.165) is 49.5 Å². The van der Waals surface area contributed by atoms with Crippen molar-refractivity contribution in [2.75, 3.05) is 44.6 Å². The van der Waals surface area contributed by atoms with Crippen molar-refractivity contribution in [2.24, 2.45) is 0 Å². The molecule has 1 saturated heterocycles. The molecule has 3 rings (SSSR count). The zero-order chi connectivity index (χ0) is 19.9. The summed E-state index contributed by atoms with van der Waals surface area (Å²) < 4.78 is 0. The van der Waals surface area contributed by atoms with Crippen LogP contribution in [0.15, 0.2) is 35.7 Å². The molecule has 1 aromatic carbocycles. The maximum atomic E-state index is 12.2. The van der Waals surface area contributed by atoms with E-state index in [2.05, 4.69) is 28.1 Å². The standard InChI is InChI=1S/C21H28N4O2S/c1-16-5-3-6-17(2)21(16)23-19(26)13-22-20(27)15-25-10-8-24(9-11-25)14-18-7-4-12-28-18/h3-7,12H,8-11,13-15H2,1-2H3,(H,22,27)(H,23,26)/p+2. The lowest BCUT2D eigenvalue weighted by molar-refractivity contribution is -1.01. The molecule has 1 aliphatic rings. The highest BCUT2D eigenvalue weighted by atomic mass is 32.1. The van der Waals surface area contributed by atoms with Gasteiger partial charge in [-0.25, -0.2) is 0 Å². The predicted octanol–water partition coefficient (Wildman–Crippen LogP) is -0.597. The maximum absolute atomic E-state index is 12.2. The molecule has 0 radical (unpaired) electrons. The third-order valence-corrected chi connectivity index (χ3v) is 6.15. The van der Waals surface area contributed by atoms with Crippen molar-refractivity contribution in [1.29, 1.82) is 0 Å². The second-order valence-electron chi connectivity index (χ2n) is 7.52. The van der Waals surface area contributed by atoms with Crippen molar-refractivity contribution >= 4 is 28.8 Å². The average Bonchev–Trinajstić information content (AvgIpc) is 3.18. The number of anilines is 1. The van der Waals surface area contributed by atoms with Gasteiger partial charge in [-0.05, 0) is 36.4 Å². The third kappa shape index (κ3) is 5.89. The van der Waals surface area contributed by atoms with Crippen LogP contribution in [-0.4, -0.2) is 51.1 Å². The molecule has 1 aliphatic heterocycles. The number of amides is 2. The van der Waals surface area contributed by atoms with Gasteiger partial charge in [0.2, 0.25) is 5.91 Å². The first-order valence-corrected chi connectivity index (χ1v) is 10.7. The highest BCUT2D eigenvalue weighted by Gasteiger charge is 2.25. The molecule has 2 amide bonds. The third-order valence-electron chi connectivity index (χ3n) is 5.27. The van der Waals surface area contributed by atoms with Gasteiger partial charge in [0.1, 0.15) is 32.7 Å². The molecule has 6 nitrogen and oxygen atoms in total. The largest absolute Gasteiger partial charge is 0.342 e. The molecule has 1 fully saturated rings. The first-order valence-electron chi connectivity index (χ1n) is 9.83. The number of carbonyl (C=O) groups is 2. The lowest BCUT2D eigenvalue weighted by atomic mass is 10.1. The molecule has 0 bridgehead atoms. The van der Waals surface area contributed by atoms with Crippen LogP contribution in [0.5, 0.6) is 0 Å². The van der Waals surface area contributed by atoms with Crippen LogP contribution >= 0.6 is 11.3 Å². The Hall–Kier alpha value is -2.22. The maximum Gasteiger partial charge on any atom is 0.275 e. The van der Waals surface area contributed by atoms with Crippen molar-refractivity contribution in [1.82, 2.24) is 5.32 Å². The van der Waals surface area contributed by atoms with Gasteiger partial charge < -0.3 is 20.4 Å². The summed E-state index contributed by atoms with van der Waals surface area (Å²) in [5.41, 5.74) is 2.87. The van der Waals surface area contributed by atoms with Gasteiger partial charge >= 0.3 is 0 Å². The topological polar surface area (TPSA) is 67.1 Å². The van der Waals surface area contributed by atoms with Gasteiger partial charge in [-0.2, -0.15) is 0 Å². The number of para-hydroxylation sites is 1. The number of rotatable bonds is 7. The summed E-state index contributed by atoms with van der Waals surface area (Å²) in [6.45, 7) is 9.58. The number of thiophene rings is 1. The molecule has 4 N–H and O–H groups in total. The Morgan fingerprint density at radius 2 is 1.64 bits per heavy atom. The quantitative estimate of drug-likeness (QED) is 0.500. The number of quaternary nitrogens is 2. The number of carbonyl (C=O) groups excluding carboxylic acids is 2. The molecule has 1 aromatic heterocycles. The van der Waals surface area contributed by atoms with E-state index in [1.54, 1.807) is 4.90 Å². The van der Waals surface area contributed by atoms with Crippen LogP contribution in [-0.2, 0) is 16.1 Å². The minimum absolute atomic E-state index is 0.00956. The molecule has 28 heavy (non-hydrogen) atoms. The zero-order valence-corrected chi connectivity index (χ0v) is 17.5. The van der Waals surface area contributed by atoms with E-state index in [1.165, 1.54) is 9.78 Å². The number of benzene rings is 1. The van der Waals surface area contributed by atoms with E-state index in [-0.39, 0.29) is 18.4 Å². The second-order valence-corrected chi connectivity index (χ2v) is 8.56. The van der Waals surface area contributed by atoms with Gasteiger partial charge in [0.25, 0.3) is 5.91 Å². The summed E-state index contributed by atoms with van der Waals surface area (Å²) in [7, 11) is 0. The van der Waals surface area contributed by atoms with E-state index in [0.29, 0.717) is 6.54 Å². The fourth-order valence-electron chi connectivity index (χ4n) is 3.63. The van der Waals surface area contributed by atoms with E-state index >= 15 is 0 Å². The van der Waals surface area contributed by atoms with Gasteiger partial charge in [-0.3, -0.25) is 9.59 Å². The molecule has 0 saturated carbocycles. The lowest BCUT2D eigenvalue weighted by Gasteiger charge is -2.29. The first-order chi connectivity index (χ1) is 13.5. The Labute approximate surface area is 170 Å². The number of piperazine rings is 1. The van der Waals surface area contributed by atoms with Crippen LogP contribution in [0.3, 0.4) is 0 Å². The summed E-state index contributed by atoms with van der Waals surface area (Å²) in [5, 5.41) is 7.78. The Kier molecular flexibility index (Phi) is 7.19. The predicted molar refractivity (Wildman–Crippen MR) is 112 cm³/mol. The van der Waals surface area contributed by atoms with Gasteiger partial charge in [0, 0.05) is 5.69 Å². The Bertz CT molecular complexity index is 778. The van der Waals surface area contributed by atoms with Crippen molar-refractivity contribution in [2.45, 2.75) is 20.4 Å². The number of aryl methyl sites for hydroxylation is 2. The van der Waals surface area contributed by atoms with Crippen LogP contribution in [0.1, 0.15) is 16.0 Å². The normalized spacial score (nSPS) is 19.2. The molecule has 150 valence electrons. The Balaban J connectivity index is 1.36. The highest BCUT2D eigenvalue weighted by Crippen LogP contribution is 2.18.